The normalized spacial score (nSPS) is 9.90. The molecular formula is C14H20N2O4. The van der Waals surface area contributed by atoms with Crippen LogP contribution in [0.2, 0.25) is 0 Å². The molecule has 0 spiro atoms. The van der Waals surface area contributed by atoms with E-state index in [2.05, 4.69) is 10.3 Å². The Kier molecular flexibility index (Phi) is 7.10. The molecule has 0 atom stereocenters. The zero-order chi connectivity index (χ0) is 14.8. The van der Waals surface area contributed by atoms with Gasteiger partial charge in [-0.3, -0.25) is 4.79 Å². The van der Waals surface area contributed by atoms with Crippen molar-refractivity contribution in [3.8, 4) is 0 Å². The summed E-state index contributed by atoms with van der Waals surface area (Å²) in [6, 6.07) is 3.33. The van der Waals surface area contributed by atoms with E-state index in [1.807, 2.05) is 0 Å². The molecule has 1 N–H and O–H groups in total. The van der Waals surface area contributed by atoms with Crippen molar-refractivity contribution in [2.75, 3.05) is 25.1 Å². The highest BCUT2D eigenvalue weighted by atomic mass is 16.5. The Morgan fingerprint density at radius 3 is 2.70 bits per heavy atom. The molecule has 6 nitrogen and oxygen atoms in total. The predicted molar refractivity (Wildman–Crippen MR) is 74.6 cm³/mol. The Labute approximate surface area is 118 Å². The average molecular weight is 280 g/mol. The first kappa shape index (κ1) is 15.9. The average Bonchev–Trinajstić information content (AvgIpc) is 2.44. The van der Waals surface area contributed by atoms with Crippen LogP contribution in [0, 0.1) is 0 Å². The molecule has 0 aliphatic rings. The highest BCUT2D eigenvalue weighted by Crippen LogP contribution is 2.13. The molecule has 1 rings (SSSR count). The molecule has 0 amide bonds. The first-order valence-electron chi connectivity index (χ1n) is 6.70. The quantitative estimate of drug-likeness (QED) is 0.580. The predicted octanol–water partition coefficient (Wildman–Crippen LogP) is 2.01. The van der Waals surface area contributed by atoms with Gasteiger partial charge in [0.05, 0.1) is 13.2 Å². The molecule has 0 radical (unpaired) electrons. The van der Waals surface area contributed by atoms with Crippen LogP contribution in [-0.2, 0) is 14.3 Å². The number of pyridine rings is 1. The van der Waals surface area contributed by atoms with E-state index in [0.717, 1.165) is 0 Å². The first-order valence-corrected chi connectivity index (χ1v) is 6.70. The first-order chi connectivity index (χ1) is 9.69. The fourth-order valence-corrected chi connectivity index (χ4v) is 1.59. The number of anilines is 1. The Balaban J connectivity index is 2.47. The van der Waals surface area contributed by atoms with E-state index in [-0.39, 0.29) is 5.97 Å². The van der Waals surface area contributed by atoms with Crippen molar-refractivity contribution in [1.82, 2.24) is 4.98 Å². The maximum atomic E-state index is 11.7. The van der Waals surface area contributed by atoms with Crippen LogP contribution in [0.15, 0.2) is 18.3 Å². The van der Waals surface area contributed by atoms with Crippen molar-refractivity contribution in [2.24, 2.45) is 0 Å². The lowest BCUT2D eigenvalue weighted by molar-refractivity contribution is -0.143. The molecule has 1 aromatic heterocycles. The van der Waals surface area contributed by atoms with Gasteiger partial charge < -0.3 is 14.8 Å². The van der Waals surface area contributed by atoms with Crippen molar-refractivity contribution >= 4 is 17.8 Å². The second kappa shape index (κ2) is 8.90. The third-order valence-electron chi connectivity index (χ3n) is 2.46. The number of hydrogen-bond donors (Lipinski definition) is 1. The largest absolute Gasteiger partial charge is 0.466 e. The van der Waals surface area contributed by atoms with E-state index in [9.17, 15) is 9.59 Å². The molecule has 0 aromatic carbocycles. The summed E-state index contributed by atoms with van der Waals surface area (Å²) >= 11 is 0. The zero-order valence-electron chi connectivity index (χ0n) is 11.8. The Bertz CT molecular complexity index is 449. The Morgan fingerprint density at radius 1 is 1.25 bits per heavy atom. The summed E-state index contributed by atoms with van der Waals surface area (Å²) in [5.41, 5.74) is 0.394. The van der Waals surface area contributed by atoms with Crippen LogP contribution < -0.4 is 5.32 Å². The third kappa shape index (κ3) is 5.26. The molecule has 0 bridgehead atoms. The van der Waals surface area contributed by atoms with E-state index in [1.54, 1.807) is 32.2 Å². The van der Waals surface area contributed by atoms with Crippen molar-refractivity contribution in [3.05, 3.63) is 23.9 Å². The highest BCUT2D eigenvalue weighted by molar-refractivity contribution is 5.94. The summed E-state index contributed by atoms with van der Waals surface area (Å²) < 4.78 is 9.78. The molecule has 0 unspecified atom stereocenters. The number of hydrogen-bond acceptors (Lipinski definition) is 6. The molecule has 20 heavy (non-hydrogen) atoms. The van der Waals surface area contributed by atoms with E-state index < -0.39 is 5.97 Å². The van der Waals surface area contributed by atoms with Gasteiger partial charge in [-0.1, -0.05) is 0 Å². The molecule has 6 heteroatoms. The number of aromatic nitrogens is 1. The summed E-state index contributed by atoms with van der Waals surface area (Å²) in [6.45, 7) is 4.76. The van der Waals surface area contributed by atoms with E-state index in [1.165, 1.54) is 0 Å². The molecule has 0 saturated carbocycles. The second-order valence-electron chi connectivity index (χ2n) is 3.96. The van der Waals surface area contributed by atoms with Gasteiger partial charge in [-0.05, 0) is 32.4 Å². The molecule has 0 saturated heterocycles. The summed E-state index contributed by atoms with van der Waals surface area (Å²) in [7, 11) is 0. The summed E-state index contributed by atoms with van der Waals surface area (Å²) in [6.07, 6.45) is 2.54. The minimum atomic E-state index is -0.409. The van der Waals surface area contributed by atoms with Gasteiger partial charge in [0, 0.05) is 19.2 Å². The Morgan fingerprint density at radius 2 is 2.00 bits per heavy atom. The van der Waals surface area contributed by atoms with Gasteiger partial charge in [0.2, 0.25) is 0 Å². The lowest BCUT2D eigenvalue weighted by Gasteiger charge is -2.09. The number of carbonyl (C=O) groups is 2. The molecule has 0 fully saturated rings. The minimum Gasteiger partial charge on any atom is -0.466 e. The Hall–Kier alpha value is -2.11. The molecule has 110 valence electrons. The number of esters is 2. The van der Waals surface area contributed by atoms with Crippen molar-refractivity contribution in [1.29, 1.82) is 0 Å². The number of nitrogens with zero attached hydrogens (tertiary/aromatic N) is 1. The second-order valence-corrected chi connectivity index (χ2v) is 3.96. The standard InChI is InChI=1S/C14H20N2O4/c1-3-19-12(17)8-6-10-16-13-11(7-5-9-15-13)14(18)20-4-2/h5,7,9H,3-4,6,8,10H2,1-2H3,(H,15,16). The number of nitrogens with one attached hydrogen (secondary N) is 1. The monoisotopic (exact) mass is 280 g/mol. The summed E-state index contributed by atoms with van der Waals surface area (Å²) in [5, 5.41) is 3.03. The van der Waals surface area contributed by atoms with Gasteiger partial charge in [-0.2, -0.15) is 0 Å². The topological polar surface area (TPSA) is 77.5 Å². The minimum absolute atomic E-state index is 0.221. The van der Waals surface area contributed by atoms with E-state index >= 15 is 0 Å². The maximum Gasteiger partial charge on any atom is 0.341 e. The van der Waals surface area contributed by atoms with Crippen LogP contribution in [0.5, 0.6) is 0 Å². The molecular weight excluding hydrogens is 260 g/mol. The summed E-state index contributed by atoms with van der Waals surface area (Å²) in [4.78, 5) is 27.0. The van der Waals surface area contributed by atoms with Crippen molar-refractivity contribution in [3.63, 3.8) is 0 Å². The fraction of sp³-hybridized carbons (Fsp3) is 0.500. The van der Waals surface area contributed by atoms with Crippen molar-refractivity contribution in [2.45, 2.75) is 26.7 Å². The van der Waals surface area contributed by atoms with Crippen LogP contribution in [0.3, 0.4) is 0 Å². The summed E-state index contributed by atoms with van der Waals surface area (Å²) in [5.74, 6) is -0.163. The van der Waals surface area contributed by atoms with Crippen LogP contribution in [0.4, 0.5) is 5.82 Å². The van der Waals surface area contributed by atoms with Gasteiger partial charge in [0.15, 0.2) is 0 Å². The molecule has 0 aliphatic carbocycles. The van der Waals surface area contributed by atoms with Crippen LogP contribution in [-0.4, -0.2) is 36.7 Å². The van der Waals surface area contributed by atoms with Gasteiger partial charge in [-0.25, -0.2) is 9.78 Å². The smallest absolute Gasteiger partial charge is 0.341 e. The van der Waals surface area contributed by atoms with Gasteiger partial charge in [-0.15, -0.1) is 0 Å². The van der Waals surface area contributed by atoms with Gasteiger partial charge in [0.25, 0.3) is 0 Å². The van der Waals surface area contributed by atoms with Gasteiger partial charge in [0.1, 0.15) is 11.4 Å². The van der Waals surface area contributed by atoms with E-state index in [0.29, 0.717) is 44.0 Å². The fourth-order valence-electron chi connectivity index (χ4n) is 1.59. The molecule has 1 heterocycles. The molecule has 0 aliphatic heterocycles. The van der Waals surface area contributed by atoms with Crippen LogP contribution in [0.25, 0.3) is 0 Å². The zero-order valence-corrected chi connectivity index (χ0v) is 11.8. The lowest BCUT2D eigenvalue weighted by atomic mass is 10.2. The SMILES string of the molecule is CCOC(=O)CCCNc1ncccc1C(=O)OCC. The lowest BCUT2D eigenvalue weighted by Crippen LogP contribution is -2.13. The number of rotatable bonds is 8. The van der Waals surface area contributed by atoms with Crippen molar-refractivity contribution < 1.29 is 19.1 Å². The third-order valence-corrected chi connectivity index (χ3v) is 2.46. The maximum absolute atomic E-state index is 11.7. The highest BCUT2D eigenvalue weighted by Gasteiger charge is 2.12. The number of ether oxygens (including phenoxy) is 2. The van der Waals surface area contributed by atoms with Crippen LogP contribution in [0.1, 0.15) is 37.0 Å². The van der Waals surface area contributed by atoms with E-state index in [4.69, 9.17) is 9.47 Å². The van der Waals surface area contributed by atoms with Gasteiger partial charge >= 0.3 is 11.9 Å². The molecule has 1 aromatic rings. The van der Waals surface area contributed by atoms with Crippen LogP contribution >= 0.6 is 0 Å². The number of carbonyl (C=O) groups excluding carboxylic acids is 2.